The average molecular weight is 441 g/mol. The van der Waals surface area contributed by atoms with Gasteiger partial charge in [-0.25, -0.2) is 22.1 Å². The third kappa shape index (κ3) is 8.41. The van der Waals surface area contributed by atoms with E-state index < -0.39 is 44.8 Å². The third-order valence-electron chi connectivity index (χ3n) is 3.90. The smallest absolute Gasteiger partial charge is 0.407 e. The van der Waals surface area contributed by atoms with Crippen LogP contribution >= 0.6 is 0 Å². The molecule has 10 nitrogen and oxygen atoms in total. The average Bonchev–Trinajstić information content (AvgIpc) is 3.02. The standard InChI is InChI=1S/C16H32N4O6S2/c1-12(19-15(22)26-16(2,3)4)11-27(23)18-8-10-28(24,25)20-9-6-7-13(20)14(21)17-5/h12-13,18H,6-11H2,1-5H3,(H,17,21)(H,19,22)/t12-,13-,27?/m0/s1. The molecule has 28 heavy (non-hydrogen) atoms. The van der Waals surface area contributed by atoms with Crippen LogP contribution in [-0.4, -0.2) is 78.3 Å². The van der Waals surface area contributed by atoms with Crippen LogP contribution in [0.4, 0.5) is 4.79 Å². The Bertz CT molecular complexity index is 677. The Hall–Kier alpha value is -1.24. The Kier molecular flexibility index (Phi) is 9.31. The summed E-state index contributed by atoms with van der Waals surface area (Å²) < 4.78 is 46.0. The number of nitrogens with one attached hydrogen (secondary N) is 3. The van der Waals surface area contributed by atoms with Crippen molar-refractivity contribution < 1.29 is 27.0 Å². The molecule has 1 aliphatic rings. The zero-order valence-electron chi connectivity index (χ0n) is 17.1. The van der Waals surface area contributed by atoms with Gasteiger partial charge < -0.3 is 15.4 Å². The predicted octanol–water partition coefficient (Wildman–Crippen LogP) is -0.307. The minimum absolute atomic E-state index is 0.0228. The molecule has 1 saturated heterocycles. The lowest BCUT2D eigenvalue weighted by Gasteiger charge is -2.23. The van der Waals surface area contributed by atoms with E-state index in [0.29, 0.717) is 19.4 Å². The summed E-state index contributed by atoms with van der Waals surface area (Å²) in [6.45, 7) is 7.19. The molecule has 1 aliphatic heterocycles. The molecular formula is C16H32N4O6S2. The number of carbonyl (C=O) groups excluding carboxylic acids is 2. The summed E-state index contributed by atoms with van der Waals surface area (Å²) in [5.74, 6) is -0.482. The van der Waals surface area contributed by atoms with E-state index in [4.69, 9.17) is 4.74 Å². The monoisotopic (exact) mass is 440 g/mol. The van der Waals surface area contributed by atoms with Gasteiger partial charge in [0.15, 0.2) is 0 Å². The molecular weight excluding hydrogens is 408 g/mol. The first-order valence-corrected chi connectivity index (χ1v) is 12.1. The fourth-order valence-corrected chi connectivity index (χ4v) is 5.44. The van der Waals surface area contributed by atoms with Crippen molar-refractivity contribution in [3.63, 3.8) is 0 Å². The summed E-state index contributed by atoms with van der Waals surface area (Å²) in [5.41, 5.74) is -0.627. The molecule has 3 atom stereocenters. The van der Waals surface area contributed by atoms with Crippen molar-refractivity contribution in [1.29, 1.82) is 0 Å². The quantitative estimate of drug-likeness (QED) is 0.450. The molecule has 164 valence electrons. The van der Waals surface area contributed by atoms with E-state index in [1.165, 1.54) is 11.4 Å². The summed E-state index contributed by atoms with van der Waals surface area (Å²) in [4.78, 5) is 23.5. The highest BCUT2D eigenvalue weighted by Gasteiger charge is 2.37. The number of hydrogen-bond acceptors (Lipinski definition) is 6. The van der Waals surface area contributed by atoms with Crippen LogP contribution in [-0.2, 0) is 30.5 Å². The summed E-state index contributed by atoms with van der Waals surface area (Å²) in [7, 11) is -3.69. The Morgan fingerprint density at radius 1 is 1.32 bits per heavy atom. The van der Waals surface area contributed by atoms with Crippen molar-refractivity contribution in [3.05, 3.63) is 0 Å². The Morgan fingerprint density at radius 3 is 2.54 bits per heavy atom. The lowest BCUT2D eigenvalue weighted by atomic mass is 10.2. The van der Waals surface area contributed by atoms with E-state index >= 15 is 0 Å². The van der Waals surface area contributed by atoms with Gasteiger partial charge in [-0.1, -0.05) is 0 Å². The predicted molar refractivity (Wildman–Crippen MR) is 107 cm³/mol. The topological polar surface area (TPSA) is 134 Å². The SMILES string of the molecule is CNC(=O)[C@@H]1CCCN1S(=O)(=O)CCNS(=O)C[C@H](C)NC(=O)OC(C)(C)C. The zero-order valence-corrected chi connectivity index (χ0v) is 18.7. The van der Waals surface area contributed by atoms with Crippen molar-refractivity contribution in [2.24, 2.45) is 0 Å². The van der Waals surface area contributed by atoms with Crippen LogP contribution in [0.1, 0.15) is 40.5 Å². The number of hydrogen-bond donors (Lipinski definition) is 3. The van der Waals surface area contributed by atoms with E-state index in [2.05, 4.69) is 15.4 Å². The highest BCUT2D eigenvalue weighted by molar-refractivity contribution is 7.89. The molecule has 0 aromatic rings. The number of likely N-dealkylation sites (N-methyl/N-ethyl adjacent to an activating group) is 1. The van der Waals surface area contributed by atoms with Gasteiger partial charge >= 0.3 is 6.09 Å². The van der Waals surface area contributed by atoms with Crippen LogP contribution in [0, 0.1) is 0 Å². The fourth-order valence-electron chi connectivity index (χ4n) is 2.74. The second-order valence-electron chi connectivity index (χ2n) is 7.65. The van der Waals surface area contributed by atoms with Gasteiger partial charge in [-0.3, -0.25) is 4.79 Å². The normalized spacial score (nSPS) is 20.4. The second-order valence-corrected chi connectivity index (χ2v) is 11.0. The van der Waals surface area contributed by atoms with E-state index in [1.54, 1.807) is 27.7 Å². The van der Waals surface area contributed by atoms with Crippen molar-refractivity contribution in [2.45, 2.75) is 58.2 Å². The highest BCUT2D eigenvalue weighted by atomic mass is 32.2. The molecule has 1 heterocycles. The first kappa shape index (κ1) is 24.8. The van der Waals surface area contributed by atoms with E-state index in [-0.39, 0.29) is 24.0 Å². The van der Waals surface area contributed by atoms with Gasteiger partial charge in [-0.15, -0.1) is 0 Å². The van der Waals surface area contributed by atoms with Crippen molar-refractivity contribution >= 4 is 33.0 Å². The minimum Gasteiger partial charge on any atom is -0.444 e. The summed E-state index contributed by atoms with van der Waals surface area (Å²) in [6, 6.07) is -1.10. The lowest BCUT2D eigenvalue weighted by molar-refractivity contribution is -0.123. The number of carbonyl (C=O) groups is 2. The first-order chi connectivity index (χ1) is 12.9. The number of sulfonamides is 1. The maximum atomic E-state index is 12.5. The largest absolute Gasteiger partial charge is 0.444 e. The van der Waals surface area contributed by atoms with Gasteiger partial charge in [0.1, 0.15) is 11.6 Å². The van der Waals surface area contributed by atoms with Gasteiger partial charge in [-0.05, 0) is 40.5 Å². The number of amides is 2. The molecule has 1 fully saturated rings. The summed E-state index contributed by atoms with van der Waals surface area (Å²) in [6.07, 6.45) is 0.519. The first-order valence-electron chi connectivity index (χ1n) is 9.18. The second kappa shape index (κ2) is 10.5. The molecule has 1 rings (SSSR count). The number of alkyl carbamates (subject to hydrolysis) is 1. The molecule has 0 spiro atoms. The molecule has 0 aliphatic carbocycles. The highest BCUT2D eigenvalue weighted by Crippen LogP contribution is 2.21. The number of rotatable bonds is 9. The van der Waals surface area contributed by atoms with Crippen molar-refractivity contribution in [2.75, 3.05) is 31.6 Å². The molecule has 2 amide bonds. The Morgan fingerprint density at radius 2 is 1.96 bits per heavy atom. The molecule has 3 N–H and O–H groups in total. The maximum absolute atomic E-state index is 12.5. The fraction of sp³-hybridized carbons (Fsp3) is 0.875. The molecule has 0 radical (unpaired) electrons. The number of ether oxygens (including phenoxy) is 1. The summed E-state index contributed by atoms with van der Waals surface area (Å²) >= 11 is 0. The molecule has 0 aromatic heterocycles. The maximum Gasteiger partial charge on any atom is 0.407 e. The lowest BCUT2D eigenvalue weighted by Crippen LogP contribution is -2.47. The Labute approximate surface area is 169 Å². The van der Waals surface area contributed by atoms with Gasteiger partial charge in [0, 0.05) is 26.2 Å². The molecule has 12 heteroatoms. The van der Waals surface area contributed by atoms with Crippen LogP contribution in [0.3, 0.4) is 0 Å². The molecule has 0 aromatic carbocycles. The third-order valence-corrected chi connectivity index (χ3v) is 7.10. The van der Waals surface area contributed by atoms with Crippen LogP contribution in [0.2, 0.25) is 0 Å². The van der Waals surface area contributed by atoms with Gasteiger partial charge in [0.05, 0.1) is 22.5 Å². The van der Waals surface area contributed by atoms with Crippen LogP contribution in [0.25, 0.3) is 0 Å². The van der Waals surface area contributed by atoms with Crippen molar-refractivity contribution in [3.8, 4) is 0 Å². The van der Waals surface area contributed by atoms with E-state index in [0.717, 1.165) is 0 Å². The van der Waals surface area contributed by atoms with Gasteiger partial charge in [0.2, 0.25) is 15.9 Å². The van der Waals surface area contributed by atoms with Crippen molar-refractivity contribution in [1.82, 2.24) is 19.7 Å². The van der Waals surface area contributed by atoms with Gasteiger partial charge in [0.25, 0.3) is 0 Å². The number of nitrogens with zero attached hydrogens (tertiary/aromatic N) is 1. The molecule has 0 bridgehead atoms. The van der Waals surface area contributed by atoms with E-state index in [9.17, 15) is 22.2 Å². The zero-order chi connectivity index (χ0) is 21.5. The van der Waals surface area contributed by atoms with Crippen LogP contribution in [0.15, 0.2) is 0 Å². The molecule has 0 saturated carbocycles. The van der Waals surface area contributed by atoms with Crippen LogP contribution < -0.4 is 15.4 Å². The van der Waals surface area contributed by atoms with E-state index in [1.807, 2.05) is 0 Å². The Balaban J connectivity index is 2.42. The minimum atomic E-state index is -3.64. The van der Waals surface area contributed by atoms with Gasteiger partial charge in [-0.2, -0.15) is 4.31 Å². The summed E-state index contributed by atoms with van der Waals surface area (Å²) in [5, 5.41) is 5.06. The molecule has 1 unspecified atom stereocenters. The van der Waals surface area contributed by atoms with Crippen LogP contribution in [0.5, 0.6) is 0 Å².